The topological polar surface area (TPSA) is 72.0 Å². The standard InChI is InChI=1S/C19H14N2O3S2/c22-16(8-12-6-7-25-10-12)24-9-15-20-18(23)17-14(11-26-19(17)21-15)13-4-2-1-3-5-13/h1-7,10-11H,8-9H2,(H,20,21,23). The number of benzene rings is 1. The summed E-state index contributed by atoms with van der Waals surface area (Å²) in [5.74, 6) is 0.00457. The summed E-state index contributed by atoms with van der Waals surface area (Å²) in [7, 11) is 0. The van der Waals surface area contributed by atoms with Crippen LogP contribution in [0, 0.1) is 0 Å². The Morgan fingerprint density at radius 2 is 2.00 bits per heavy atom. The number of fused-ring (bicyclic) bond motifs is 1. The van der Waals surface area contributed by atoms with Crippen LogP contribution in [0.1, 0.15) is 11.4 Å². The lowest BCUT2D eigenvalue weighted by Crippen LogP contribution is -2.14. The van der Waals surface area contributed by atoms with Crippen LogP contribution < -0.4 is 5.56 Å². The molecule has 0 aliphatic rings. The zero-order valence-electron chi connectivity index (χ0n) is 13.6. The van der Waals surface area contributed by atoms with E-state index < -0.39 is 0 Å². The summed E-state index contributed by atoms with van der Waals surface area (Å²) >= 11 is 2.94. The van der Waals surface area contributed by atoms with Gasteiger partial charge in [-0.25, -0.2) is 4.98 Å². The second-order valence-corrected chi connectivity index (χ2v) is 7.32. The number of hydrogen-bond donors (Lipinski definition) is 1. The molecular formula is C19H14N2O3S2. The largest absolute Gasteiger partial charge is 0.457 e. The van der Waals surface area contributed by atoms with Gasteiger partial charge in [-0.3, -0.25) is 9.59 Å². The van der Waals surface area contributed by atoms with Gasteiger partial charge in [-0.2, -0.15) is 11.3 Å². The summed E-state index contributed by atoms with van der Waals surface area (Å²) in [5.41, 5.74) is 2.53. The highest BCUT2D eigenvalue weighted by Crippen LogP contribution is 2.30. The predicted octanol–water partition coefficient (Wildman–Crippen LogP) is 4.00. The summed E-state index contributed by atoms with van der Waals surface area (Å²) in [4.78, 5) is 32.2. The van der Waals surface area contributed by atoms with E-state index in [0.29, 0.717) is 16.0 Å². The number of H-pyrrole nitrogens is 1. The summed E-state index contributed by atoms with van der Waals surface area (Å²) < 4.78 is 5.23. The third-order valence-electron chi connectivity index (χ3n) is 3.88. The quantitative estimate of drug-likeness (QED) is 0.530. The molecule has 0 aliphatic carbocycles. The van der Waals surface area contributed by atoms with Gasteiger partial charge in [0.2, 0.25) is 0 Å². The monoisotopic (exact) mass is 382 g/mol. The smallest absolute Gasteiger partial charge is 0.310 e. The van der Waals surface area contributed by atoms with E-state index >= 15 is 0 Å². The van der Waals surface area contributed by atoms with Gasteiger partial charge in [0, 0.05) is 10.9 Å². The second-order valence-electron chi connectivity index (χ2n) is 5.68. The molecular weight excluding hydrogens is 368 g/mol. The number of rotatable bonds is 5. The van der Waals surface area contributed by atoms with Crippen LogP contribution in [-0.2, 0) is 22.6 Å². The minimum Gasteiger partial charge on any atom is -0.457 e. The van der Waals surface area contributed by atoms with Gasteiger partial charge < -0.3 is 9.72 Å². The van der Waals surface area contributed by atoms with Crippen LogP contribution in [0.15, 0.2) is 57.3 Å². The summed E-state index contributed by atoms with van der Waals surface area (Å²) in [6, 6.07) is 11.6. The zero-order valence-corrected chi connectivity index (χ0v) is 15.2. The predicted molar refractivity (Wildman–Crippen MR) is 103 cm³/mol. The summed E-state index contributed by atoms with van der Waals surface area (Å²) in [6.07, 6.45) is 0.215. The van der Waals surface area contributed by atoms with Gasteiger partial charge in [0.25, 0.3) is 5.56 Å². The van der Waals surface area contributed by atoms with Crippen molar-refractivity contribution in [3.63, 3.8) is 0 Å². The number of esters is 1. The van der Waals surface area contributed by atoms with Gasteiger partial charge >= 0.3 is 5.97 Å². The van der Waals surface area contributed by atoms with Crippen molar-refractivity contribution in [3.8, 4) is 11.1 Å². The SMILES string of the molecule is O=C(Cc1ccsc1)OCc1nc2scc(-c3ccccc3)c2c(=O)[nH]1. The van der Waals surface area contributed by atoms with Crippen LogP contribution in [0.3, 0.4) is 0 Å². The maximum absolute atomic E-state index is 12.5. The maximum Gasteiger partial charge on any atom is 0.310 e. The first-order chi connectivity index (χ1) is 12.7. The molecule has 0 saturated carbocycles. The summed E-state index contributed by atoms with van der Waals surface area (Å²) in [5, 5.41) is 6.31. The summed E-state index contributed by atoms with van der Waals surface area (Å²) in [6.45, 7) is -0.0489. The van der Waals surface area contributed by atoms with Crippen molar-refractivity contribution in [2.75, 3.05) is 0 Å². The van der Waals surface area contributed by atoms with Gasteiger partial charge in [-0.1, -0.05) is 30.3 Å². The molecule has 0 aliphatic heterocycles. The first-order valence-electron chi connectivity index (χ1n) is 7.93. The Morgan fingerprint density at radius 3 is 2.77 bits per heavy atom. The Hall–Kier alpha value is -2.77. The number of carbonyl (C=O) groups excluding carboxylic acids is 1. The van der Waals surface area contributed by atoms with E-state index in [0.717, 1.165) is 16.7 Å². The zero-order chi connectivity index (χ0) is 17.9. The van der Waals surface area contributed by atoms with Gasteiger partial charge in [0.1, 0.15) is 17.3 Å². The molecule has 0 saturated heterocycles. The van der Waals surface area contributed by atoms with Crippen molar-refractivity contribution >= 4 is 38.9 Å². The van der Waals surface area contributed by atoms with E-state index in [1.165, 1.54) is 22.7 Å². The van der Waals surface area contributed by atoms with Crippen molar-refractivity contribution in [1.29, 1.82) is 0 Å². The van der Waals surface area contributed by atoms with Crippen LogP contribution in [0.25, 0.3) is 21.3 Å². The average Bonchev–Trinajstić information content (AvgIpc) is 3.30. The highest BCUT2D eigenvalue weighted by atomic mass is 32.1. The first kappa shape index (κ1) is 16.7. The van der Waals surface area contributed by atoms with E-state index in [1.54, 1.807) is 0 Å². The molecule has 0 amide bonds. The normalized spacial score (nSPS) is 10.9. The van der Waals surface area contributed by atoms with Crippen molar-refractivity contribution in [3.05, 3.63) is 74.3 Å². The van der Waals surface area contributed by atoms with E-state index in [4.69, 9.17) is 4.74 Å². The third-order valence-corrected chi connectivity index (χ3v) is 5.48. The number of nitrogens with zero attached hydrogens (tertiary/aromatic N) is 1. The third kappa shape index (κ3) is 3.44. The fourth-order valence-electron chi connectivity index (χ4n) is 2.65. The molecule has 130 valence electrons. The molecule has 5 nitrogen and oxygen atoms in total. The van der Waals surface area contributed by atoms with E-state index in [9.17, 15) is 9.59 Å². The maximum atomic E-state index is 12.5. The highest BCUT2D eigenvalue weighted by Gasteiger charge is 2.14. The second kappa shape index (κ2) is 7.23. The number of aromatic amines is 1. The van der Waals surface area contributed by atoms with Gasteiger partial charge in [0.15, 0.2) is 0 Å². The van der Waals surface area contributed by atoms with Crippen molar-refractivity contribution < 1.29 is 9.53 Å². The molecule has 0 radical (unpaired) electrons. The molecule has 0 unspecified atom stereocenters. The molecule has 1 N–H and O–H groups in total. The van der Waals surface area contributed by atoms with E-state index in [1.807, 2.05) is 52.5 Å². The Bertz CT molecular complexity index is 1100. The van der Waals surface area contributed by atoms with Crippen LogP contribution >= 0.6 is 22.7 Å². The first-order valence-corrected chi connectivity index (χ1v) is 9.75. The Labute approximate surface area is 156 Å². The van der Waals surface area contributed by atoms with Crippen LogP contribution in [0.4, 0.5) is 0 Å². The minimum atomic E-state index is -0.345. The Kier molecular flexibility index (Phi) is 4.64. The lowest BCUT2D eigenvalue weighted by molar-refractivity contribution is -0.144. The average molecular weight is 382 g/mol. The van der Waals surface area contributed by atoms with Crippen molar-refractivity contribution in [2.45, 2.75) is 13.0 Å². The molecule has 7 heteroatoms. The number of ether oxygens (including phenoxy) is 1. The lowest BCUT2D eigenvalue weighted by atomic mass is 10.1. The van der Waals surface area contributed by atoms with Gasteiger partial charge in [-0.05, 0) is 28.0 Å². The highest BCUT2D eigenvalue weighted by molar-refractivity contribution is 7.17. The van der Waals surface area contributed by atoms with Crippen LogP contribution in [0.2, 0.25) is 0 Å². The molecule has 1 aromatic carbocycles. The Morgan fingerprint density at radius 1 is 1.15 bits per heavy atom. The van der Waals surface area contributed by atoms with Crippen molar-refractivity contribution in [2.24, 2.45) is 0 Å². The molecule has 0 spiro atoms. The van der Waals surface area contributed by atoms with Crippen molar-refractivity contribution in [1.82, 2.24) is 9.97 Å². The Balaban J connectivity index is 1.55. The van der Waals surface area contributed by atoms with E-state index in [-0.39, 0.29) is 24.6 Å². The molecule has 4 rings (SSSR count). The lowest BCUT2D eigenvalue weighted by Gasteiger charge is -2.04. The number of thiophene rings is 2. The molecule has 0 atom stereocenters. The van der Waals surface area contributed by atoms with Crippen LogP contribution in [-0.4, -0.2) is 15.9 Å². The molecule has 0 fully saturated rings. The van der Waals surface area contributed by atoms with Gasteiger partial charge in [-0.15, -0.1) is 11.3 Å². The molecule has 26 heavy (non-hydrogen) atoms. The molecule has 3 aromatic heterocycles. The van der Waals surface area contributed by atoms with Gasteiger partial charge in [0.05, 0.1) is 11.8 Å². The molecule has 3 heterocycles. The number of carbonyl (C=O) groups is 1. The molecule has 4 aromatic rings. The number of hydrogen-bond acceptors (Lipinski definition) is 6. The molecule has 0 bridgehead atoms. The fraction of sp³-hybridized carbons (Fsp3) is 0.105. The number of aromatic nitrogens is 2. The number of nitrogens with one attached hydrogen (secondary N) is 1. The minimum absolute atomic E-state index is 0.0489. The van der Waals surface area contributed by atoms with Crippen LogP contribution in [0.5, 0.6) is 0 Å². The van der Waals surface area contributed by atoms with E-state index in [2.05, 4.69) is 9.97 Å². The fourth-order valence-corrected chi connectivity index (χ4v) is 4.29.